The fourth-order valence-corrected chi connectivity index (χ4v) is 2.87. The van der Waals surface area contributed by atoms with Gasteiger partial charge in [-0.3, -0.25) is 4.90 Å². The van der Waals surface area contributed by atoms with Gasteiger partial charge in [0, 0.05) is 50.9 Å². The van der Waals surface area contributed by atoms with E-state index in [-0.39, 0.29) is 0 Å². The molecular weight excluding hydrogens is 208 g/mol. The van der Waals surface area contributed by atoms with Crippen molar-refractivity contribution >= 4 is 11.8 Å². The molecule has 0 aromatic carbocycles. The topological polar surface area (TPSA) is 24.5 Å². The van der Waals surface area contributed by atoms with E-state index in [1.54, 1.807) is 7.11 Å². The summed E-state index contributed by atoms with van der Waals surface area (Å²) in [6.45, 7) is 7.82. The molecule has 4 heteroatoms. The lowest BCUT2D eigenvalue weighted by atomic mass is 10.3. The third-order valence-electron chi connectivity index (χ3n) is 2.78. The van der Waals surface area contributed by atoms with E-state index < -0.39 is 0 Å². The minimum Gasteiger partial charge on any atom is -0.385 e. The molecule has 0 aliphatic carbocycles. The van der Waals surface area contributed by atoms with Gasteiger partial charge in [0.25, 0.3) is 0 Å². The van der Waals surface area contributed by atoms with Gasteiger partial charge in [0.2, 0.25) is 0 Å². The highest BCUT2D eigenvalue weighted by Crippen LogP contribution is 2.14. The standard InChI is InChI=1S/C11H24N2OS/c1-11-10-15-9-7-13(11)6-5-12-4-3-8-14-2/h11-12H,3-10H2,1-2H3. The van der Waals surface area contributed by atoms with Crippen LogP contribution in [0, 0.1) is 0 Å². The second-order valence-electron chi connectivity index (χ2n) is 4.06. The SMILES string of the molecule is COCCCNCCN1CCSCC1C. The second kappa shape index (κ2) is 8.39. The van der Waals surface area contributed by atoms with E-state index in [9.17, 15) is 0 Å². The average Bonchev–Trinajstić information content (AvgIpc) is 2.25. The van der Waals surface area contributed by atoms with Crippen LogP contribution in [0.4, 0.5) is 0 Å². The molecule has 1 aliphatic rings. The van der Waals surface area contributed by atoms with Gasteiger partial charge in [-0.15, -0.1) is 0 Å². The van der Waals surface area contributed by atoms with Crippen LogP contribution in [0.15, 0.2) is 0 Å². The van der Waals surface area contributed by atoms with Gasteiger partial charge < -0.3 is 10.1 Å². The number of rotatable bonds is 7. The van der Waals surface area contributed by atoms with Crippen LogP contribution in [-0.4, -0.2) is 62.3 Å². The van der Waals surface area contributed by atoms with Gasteiger partial charge in [0.05, 0.1) is 0 Å². The zero-order valence-corrected chi connectivity index (χ0v) is 10.8. The largest absolute Gasteiger partial charge is 0.385 e. The minimum absolute atomic E-state index is 0.754. The molecule has 0 aromatic rings. The number of nitrogens with zero attached hydrogens (tertiary/aromatic N) is 1. The van der Waals surface area contributed by atoms with Crippen molar-refractivity contribution in [3.8, 4) is 0 Å². The van der Waals surface area contributed by atoms with Crippen LogP contribution in [0.1, 0.15) is 13.3 Å². The van der Waals surface area contributed by atoms with Gasteiger partial charge in [0.1, 0.15) is 0 Å². The summed E-state index contributed by atoms with van der Waals surface area (Å²) in [6.07, 6.45) is 1.11. The highest BCUT2D eigenvalue weighted by molar-refractivity contribution is 7.99. The van der Waals surface area contributed by atoms with Crippen LogP contribution in [0.2, 0.25) is 0 Å². The highest BCUT2D eigenvalue weighted by atomic mass is 32.2. The molecule has 0 radical (unpaired) electrons. The van der Waals surface area contributed by atoms with E-state index >= 15 is 0 Å². The summed E-state index contributed by atoms with van der Waals surface area (Å²) in [6, 6.07) is 0.754. The van der Waals surface area contributed by atoms with Crippen molar-refractivity contribution in [2.24, 2.45) is 0 Å². The molecule has 1 aliphatic heterocycles. The van der Waals surface area contributed by atoms with Crippen LogP contribution >= 0.6 is 11.8 Å². The first-order valence-corrected chi connectivity index (χ1v) is 7.01. The summed E-state index contributed by atoms with van der Waals surface area (Å²) in [5.74, 6) is 2.59. The van der Waals surface area contributed by atoms with Crippen LogP contribution in [0.25, 0.3) is 0 Å². The Morgan fingerprint density at radius 2 is 2.33 bits per heavy atom. The smallest absolute Gasteiger partial charge is 0.0474 e. The number of hydrogen-bond acceptors (Lipinski definition) is 4. The number of thioether (sulfide) groups is 1. The van der Waals surface area contributed by atoms with Crippen LogP contribution in [-0.2, 0) is 4.74 Å². The zero-order valence-electron chi connectivity index (χ0n) is 10.00. The Morgan fingerprint density at radius 1 is 1.47 bits per heavy atom. The molecule has 90 valence electrons. The molecule has 0 spiro atoms. The summed E-state index contributed by atoms with van der Waals surface area (Å²) >= 11 is 2.08. The van der Waals surface area contributed by atoms with E-state index in [1.807, 2.05) is 0 Å². The Bertz CT molecular complexity index is 158. The second-order valence-corrected chi connectivity index (χ2v) is 5.21. The Labute approximate surface area is 97.9 Å². The van der Waals surface area contributed by atoms with Crippen molar-refractivity contribution in [2.45, 2.75) is 19.4 Å². The third kappa shape index (κ3) is 5.76. The minimum atomic E-state index is 0.754. The lowest BCUT2D eigenvalue weighted by molar-refractivity contribution is 0.192. The maximum absolute atomic E-state index is 5.00. The molecule has 15 heavy (non-hydrogen) atoms. The molecule has 1 saturated heterocycles. The van der Waals surface area contributed by atoms with Crippen molar-refractivity contribution in [1.82, 2.24) is 10.2 Å². The van der Waals surface area contributed by atoms with E-state index in [4.69, 9.17) is 4.74 Å². The molecule has 1 atom stereocenters. The first-order valence-electron chi connectivity index (χ1n) is 5.86. The van der Waals surface area contributed by atoms with Gasteiger partial charge in [0.15, 0.2) is 0 Å². The first-order chi connectivity index (χ1) is 7.34. The Hall–Kier alpha value is 0.230. The number of nitrogens with one attached hydrogen (secondary N) is 1. The monoisotopic (exact) mass is 232 g/mol. The fraction of sp³-hybridized carbons (Fsp3) is 1.00. The van der Waals surface area contributed by atoms with Crippen molar-refractivity contribution in [3.63, 3.8) is 0 Å². The van der Waals surface area contributed by atoms with Gasteiger partial charge in [-0.05, 0) is 19.9 Å². The summed E-state index contributed by atoms with van der Waals surface area (Å²) in [5, 5.41) is 3.46. The van der Waals surface area contributed by atoms with E-state index in [0.717, 1.165) is 32.2 Å². The number of methoxy groups -OCH3 is 1. The quantitative estimate of drug-likeness (QED) is 0.663. The summed E-state index contributed by atoms with van der Waals surface area (Å²) < 4.78 is 5.00. The van der Waals surface area contributed by atoms with Gasteiger partial charge in [-0.25, -0.2) is 0 Å². The highest BCUT2D eigenvalue weighted by Gasteiger charge is 2.17. The summed E-state index contributed by atoms with van der Waals surface area (Å²) in [5.41, 5.74) is 0. The lowest BCUT2D eigenvalue weighted by Crippen LogP contribution is -2.43. The molecule has 0 aromatic heterocycles. The maximum Gasteiger partial charge on any atom is 0.0474 e. The van der Waals surface area contributed by atoms with Crippen molar-refractivity contribution in [1.29, 1.82) is 0 Å². The molecule has 3 nitrogen and oxygen atoms in total. The average molecular weight is 232 g/mol. The predicted molar refractivity (Wildman–Crippen MR) is 67.7 cm³/mol. The summed E-state index contributed by atoms with van der Waals surface area (Å²) in [7, 11) is 1.76. The van der Waals surface area contributed by atoms with Gasteiger partial charge >= 0.3 is 0 Å². The molecule has 0 saturated carbocycles. The van der Waals surface area contributed by atoms with Crippen molar-refractivity contribution in [3.05, 3.63) is 0 Å². The van der Waals surface area contributed by atoms with Gasteiger partial charge in [-0.2, -0.15) is 11.8 Å². The number of hydrogen-bond donors (Lipinski definition) is 1. The third-order valence-corrected chi connectivity index (χ3v) is 3.97. The van der Waals surface area contributed by atoms with Crippen molar-refractivity contribution < 1.29 is 4.74 Å². The van der Waals surface area contributed by atoms with Gasteiger partial charge in [-0.1, -0.05) is 0 Å². The molecule has 1 heterocycles. The van der Waals surface area contributed by atoms with Crippen LogP contribution in [0.5, 0.6) is 0 Å². The summed E-state index contributed by atoms with van der Waals surface area (Å²) in [4.78, 5) is 2.58. The molecule has 1 N–H and O–H groups in total. The normalized spacial score (nSPS) is 23.2. The zero-order chi connectivity index (χ0) is 10.9. The van der Waals surface area contributed by atoms with E-state index in [0.29, 0.717) is 0 Å². The Morgan fingerprint density at radius 3 is 3.07 bits per heavy atom. The molecule has 1 unspecified atom stereocenters. The molecule has 0 amide bonds. The van der Waals surface area contributed by atoms with E-state index in [1.165, 1.54) is 24.6 Å². The number of ether oxygens (including phenoxy) is 1. The molecule has 0 bridgehead atoms. The molecular formula is C11H24N2OS. The van der Waals surface area contributed by atoms with Crippen molar-refractivity contribution in [2.75, 3.05) is 51.4 Å². The molecule has 1 fully saturated rings. The fourth-order valence-electron chi connectivity index (χ4n) is 1.78. The maximum atomic E-state index is 5.00. The lowest BCUT2D eigenvalue weighted by Gasteiger charge is -2.32. The van der Waals surface area contributed by atoms with Crippen LogP contribution in [0.3, 0.4) is 0 Å². The Kier molecular flexibility index (Phi) is 7.44. The van der Waals surface area contributed by atoms with E-state index in [2.05, 4.69) is 28.9 Å². The van der Waals surface area contributed by atoms with Crippen LogP contribution < -0.4 is 5.32 Å². The first kappa shape index (κ1) is 13.3. The molecule has 1 rings (SSSR count). The Balaban J connectivity index is 1.94. The predicted octanol–water partition coefficient (Wildman–Crippen LogP) is 1.05.